The number of carbonyl (C=O) groups is 1. The van der Waals surface area contributed by atoms with Crippen molar-refractivity contribution in [2.45, 2.75) is 52.1 Å². The summed E-state index contributed by atoms with van der Waals surface area (Å²) in [5.41, 5.74) is 0. The number of piperazine rings is 1. The van der Waals surface area contributed by atoms with Gasteiger partial charge in [0.05, 0.1) is 12.8 Å². The molecule has 7 nitrogen and oxygen atoms in total. The molecular formula is C21H35N5O2. The molecule has 28 heavy (non-hydrogen) atoms. The van der Waals surface area contributed by atoms with Crippen molar-refractivity contribution in [3.05, 3.63) is 24.2 Å². The molecule has 2 fully saturated rings. The van der Waals surface area contributed by atoms with Gasteiger partial charge in [0, 0.05) is 44.8 Å². The summed E-state index contributed by atoms with van der Waals surface area (Å²) in [4.78, 5) is 24.1. The van der Waals surface area contributed by atoms with Gasteiger partial charge in [-0.3, -0.25) is 14.7 Å². The number of aliphatic imine (C=N–C) groups is 1. The van der Waals surface area contributed by atoms with Crippen molar-refractivity contribution in [1.82, 2.24) is 20.0 Å². The van der Waals surface area contributed by atoms with Gasteiger partial charge in [-0.2, -0.15) is 0 Å². The molecule has 1 N–H and O–H groups in total. The molecule has 3 heterocycles. The summed E-state index contributed by atoms with van der Waals surface area (Å²) < 4.78 is 5.25. The third kappa shape index (κ3) is 5.07. The van der Waals surface area contributed by atoms with E-state index in [1.807, 2.05) is 4.90 Å². The van der Waals surface area contributed by atoms with E-state index < -0.39 is 0 Å². The second-order valence-corrected chi connectivity index (χ2v) is 7.88. The minimum Gasteiger partial charge on any atom is -0.459 e. The second-order valence-electron chi connectivity index (χ2n) is 7.88. The molecule has 3 rings (SSSR count). The zero-order chi connectivity index (χ0) is 19.9. The number of nitrogens with zero attached hydrogens (tertiary/aromatic N) is 4. The van der Waals surface area contributed by atoms with Crippen molar-refractivity contribution in [2.24, 2.45) is 4.99 Å². The molecule has 1 amide bonds. The lowest BCUT2D eigenvalue weighted by molar-refractivity contribution is 0.0657. The van der Waals surface area contributed by atoms with Gasteiger partial charge in [0.25, 0.3) is 5.91 Å². The third-order valence-electron chi connectivity index (χ3n) is 5.86. The van der Waals surface area contributed by atoms with Crippen LogP contribution in [0, 0.1) is 0 Å². The molecule has 2 aliphatic heterocycles. The molecule has 0 aliphatic carbocycles. The predicted molar refractivity (Wildman–Crippen MR) is 112 cm³/mol. The Bertz CT molecular complexity index is 637. The van der Waals surface area contributed by atoms with E-state index >= 15 is 0 Å². The van der Waals surface area contributed by atoms with Crippen LogP contribution in [0.15, 0.2) is 27.8 Å². The van der Waals surface area contributed by atoms with Gasteiger partial charge in [-0.1, -0.05) is 6.42 Å². The van der Waals surface area contributed by atoms with E-state index in [9.17, 15) is 4.79 Å². The fraction of sp³-hybridized carbons (Fsp3) is 0.714. The number of amides is 1. The van der Waals surface area contributed by atoms with Crippen LogP contribution in [-0.4, -0.2) is 84.5 Å². The first-order valence-electron chi connectivity index (χ1n) is 10.7. The maximum Gasteiger partial charge on any atom is 0.289 e. The van der Waals surface area contributed by atoms with Gasteiger partial charge in [-0.05, 0) is 52.3 Å². The van der Waals surface area contributed by atoms with Crippen LogP contribution in [0.3, 0.4) is 0 Å². The SMILES string of the molecule is CCNC(=NCC(C)N1CCCCC1C)N1CCN(C(=O)c2ccco2)CC1. The van der Waals surface area contributed by atoms with Gasteiger partial charge in [0.2, 0.25) is 0 Å². The summed E-state index contributed by atoms with van der Waals surface area (Å²) in [6, 6.07) is 4.58. The molecule has 1 aromatic rings. The summed E-state index contributed by atoms with van der Waals surface area (Å²) >= 11 is 0. The Morgan fingerprint density at radius 1 is 1.25 bits per heavy atom. The van der Waals surface area contributed by atoms with Gasteiger partial charge in [-0.25, -0.2) is 0 Å². The summed E-state index contributed by atoms with van der Waals surface area (Å²) in [7, 11) is 0. The number of carbonyl (C=O) groups excluding carboxylic acids is 1. The lowest BCUT2D eigenvalue weighted by atomic mass is 10.0. The summed E-state index contributed by atoms with van der Waals surface area (Å²) in [6.45, 7) is 12.5. The number of furan rings is 1. The predicted octanol–water partition coefficient (Wildman–Crippen LogP) is 2.27. The normalized spacial score (nSPS) is 23.0. The Kier molecular flexibility index (Phi) is 7.36. The Hall–Kier alpha value is -2.02. The molecule has 0 saturated carbocycles. The maximum absolute atomic E-state index is 12.4. The van der Waals surface area contributed by atoms with E-state index in [4.69, 9.17) is 9.41 Å². The average molecular weight is 390 g/mol. The molecule has 0 radical (unpaired) electrons. The number of guanidine groups is 1. The van der Waals surface area contributed by atoms with Gasteiger partial charge < -0.3 is 19.5 Å². The number of rotatable bonds is 5. The molecule has 156 valence electrons. The number of hydrogen-bond acceptors (Lipinski definition) is 4. The van der Waals surface area contributed by atoms with E-state index in [1.165, 1.54) is 25.8 Å². The first-order valence-corrected chi connectivity index (χ1v) is 10.7. The fourth-order valence-corrected chi connectivity index (χ4v) is 4.20. The number of nitrogens with one attached hydrogen (secondary N) is 1. The molecule has 2 aliphatic rings. The second kappa shape index (κ2) is 9.96. The zero-order valence-corrected chi connectivity index (χ0v) is 17.6. The maximum atomic E-state index is 12.4. The Balaban J connectivity index is 1.55. The van der Waals surface area contributed by atoms with Crippen LogP contribution < -0.4 is 5.32 Å². The van der Waals surface area contributed by atoms with Gasteiger partial charge in [0.15, 0.2) is 11.7 Å². The Morgan fingerprint density at radius 3 is 2.64 bits per heavy atom. The number of piperidine rings is 1. The first kappa shape index (κ1) is 20.7. The van der Waals surface area contributed by atoms with Crippen LogP contribution in [0.25, 0.3) is 0 Å². The van der Waals surface area contributed by atoms with E-state index in [1.54, 1.807) is 18.4 Å². The van der Waals surface area contributed by atoms with Crippen LogP contribution in [0.1, 0.15) is 50.6 Å². The van der Waals surface area contributed by atoms with E-state index in [2.05, 4.69) is 35.9 Å². The van der Waals surface area contributed by atoms with Crippen LogP contribution in [-0.2, 0) is 0 Å². The molecular weight excluding hydrogens is 354 g/mol. The number of hydrogen-bond donors (Lipinski definition) is 1. The minimum absolute atomic E-state index is 0.0284. The van der Waals surface area contributed by atoms with Crippen molar-refractivity contribution >= 4 is 11.9 Å². The quantitative estimate of drug-likeness (QED) is 0.618. The van der Waals surface area contributed by atoms with Crippen LogP contribution >= 0.6 is 0 Å². The lowest BCUT2D eigenvalue weighted by Crippen LogP contribution is -2.54. The molecule has 0 bridgehead atoms. The molecule has 7 heteroatoms. The van der Waals surface area contributed by atoms with Gasteiger partial charge >= 0.3 is 0 Å². The highest BCUT2D eigenvalue weighted by Crippen LogP contribution is 2.19. The first-order chi connectivity index (χ1) is 13.6. The monoisotopic (exact) mass is 389 g/mol. The van der Waals surface area contributed by atoms with Crippen molar-refractivity contribution in [1.29, 1.82) is 0 Å². The van der Waals surface area contributed by atoms with Crippen LogP contribution in [0.2, 0.25) is 0 Å². The van der Waals surface area contributed by atoms with Crippen LogP contribution in [0.5, 0.6) is 0 Å². The fourth-order valence-electron chi connectivity index (χ4n) is 4.20. The van der Waals surface area contributed by atoms with Crippen molar-refractivity contribution in [3.8, 4) is 0 Å². The largest absolute Gasteiger partial charge is 0.459 e. The Morgan fingerprint density at radius 2 is 2.00 bits per heavy atom. The van der Waals surface area contributed by atoms with Crippen molar-refractivity contribution in [2.75, 3.05) is 45.8 Å². The van der Waals surface area contributed by atoms with Crippen molar-refractivity contribution < 1.29 is 9.21 Å². The molecule has 1 aromatic heterocycles. The standard InChI is InChI=1S/C21H35N5O2/c1-4-22-21(23-16-18(3)26-10-6-5-8-17(26)2)25-13-11-24(12-14-25)20(27)19-9-7-15-28-19/h7,9,15,17-18H,4-6,8,10-14,16H2,1-3H3,(H,22,23). The van der Waals surface area contributed by atoms with E-state index in [0.717, 1.165) is 32.1 Å². The highest BCUT2D eigenvalue weighted by atomic mass is 16.3. The zero-order valence-electron chi connectivity index (χ0n) is 17.6. The number of likely N-dealkylation sites (tertiary alicyclic amines) is 1. The molecule has 2 atom stereocenters. The smallest absolute Gasteiger partial charge is 0.289 e. The van der Waals surface area contributed by atoms with E-state index in [0.29, 0.717) is 30.9 Å². The lowest BCUT2D eigenvalue weighted by Gasteiger charge is -2.38. The van der Waals surface area contributed by atoms with Gasteiger partial charge in [-0.15, -0.1) is 0 Å². The van der Waals surface area contributed by atoms with E-state index in [-0.39, 0.29) is 5.91 Å². The average Bonchev–Trinajstić information content (AvgIpc) is 3.26. The summed E-state index contributed by atoms with van der Waals surface area (Å²) in [6.07, 6.45) is 5.48. The topological polar surface area (TPSA) is 64.3 Å². The van der Waals surface area contributed by atoms with Gasteiger partial charge in [0.1, 0.15) is 0 Å². The minimum atomic E-state index is -0.0284. The highest BCUT2D eigenvalue weighted by molar-refractivity contribution is 5.91. The highest BCUT2D eigenvalue weighted by Gasteiger charge is 2.26. The van der Waals surface area contributed by atoms with Crippen molar-refractivity contribution in [3.63, 3.8) is 0 Å². The Labute approximate surface area is 168 Å². The summed E-state index contributed by atoms with van der Waals surface area (Å²) in [5, 5.41) is 3.43. The summed E-state index contributed by atoms with van der Waals surface area (Å²) in [5.74, 6) is 1.35. The molecule has 0 aromatic carbocycles. The molecule has 2 unspecified atom stereocenters. The molecule has 0 spiro atoms. The van der Waals surface area contributed by atoms with Crippen LogP contribution in [0.4, 0.5) is 0 Å². The molecule has 2 saturated heterocycles. The third-order valence-corrected chi connectivity index (χ3v) is 5.86.